The first kappa shape index (κ1) is 30.5. The number of aromatic nitrogens is 4. The number of fused-ring (bicyclic) bond motifs is 1. The minimum absolute atomic E-state index is 0.196. The normalized spacial score (nSPS) is 15.6. The van der Waals surface area contributed by atoms with Gasteiger partial charge in [-0.3, -0.25) is 9.69 Å². The summed E-state index contributed by atoms with van der Waals surface area (Å²) in [6, 6.07) is 11.1. The number of nitrogens with one attached hydrogen (secondary N) is 1. The van der Waals surface area contributed by atoms with Gasteiger partial charge in [0.2, 0.25) is 5.88 Å². The van der Waals surface area contributed by atoms with Crippen molar-refractivity contribution in [1.82, 2.24) is 29.3 Å². The van der Waals surface area contributed by atoms with Crippen molar-refractivity contribution in [3.05, 3.63) is 75.4 Å². The summed E-state index contributed by atoms with van der Waals surface area (Å²) in [6.45, 7) is 6.82. The van der Waals surface area contributed by atoms with Gasteiger partial charge in [-0.2, -0.15) is 4.98 Å². The van der Waals surface area contributed by atoms with Crippen LogP contribution < -0.4 is 10.1 Å². The Balaban J connectivity index is 1.27. The maximum absolute atomic E-state index is 13.5. The van der Waals surface area contributed by atoms with Gasteiger partial charge in [0.1, 0.15) is 0 Å². The van der Waals surface area contributed by atoms with E-state index in [0.717, 1.165) is 49.6 Å². The number of hydrogen-bond donors (Lipinski definition) is 2. The molecule has 0 bridgehead atoms. The molecule has 0 radical (unpaired) electrons. The summed E-state index contributed by atoms with van der Waals surface area (Å²) in [5.74, 6) is 1.29. The molecular weight excluding hydrogens is 601 g/mol. The number of rotatable bonds is 9. The molecule has 1 saturated heterocycles. The van der Waals surface area contributed by atoms with Gasteiger partial charge in [0.15, 0.2) is 11.6 Å². The summed E-state index contributed by atoms with van der Waals surface area (Å²) in [7, 11) is 3.64. The number of benzene rings is 2. The highest BCUT2D eigenvalue weighted by Gasteiger charge is 2.28. The molecule has 0 atom stereocenters. The molecule has 4 aromatic rings. The lowest BCUT2D eigenvalue weighted by molar-refractivity contribution is 0.0472. The first-order chi connectivity index (χ1) is 21.3. The molecular formula is C32H35Cl2N7O3. The Hall–Kier alpha value is -3.54. The fourth-order valence-corrected chi connectivity index (χ4v) is 6.57. The molecule has 0 unspecified atom stereocenters. The lowest BCUT2D eigenvalue weighted by Crippen LogP contribution is -2.47. The maximum Gasteiger partial charge on any atom is 0.291 e. The van der Waals surface area contributed by atoms with Crippen molar-refractivity contribution >= 4 is 34.8 Å². The molecule has 2 aromatic carbocycles. The zero-order valence-corrected chi connectivity index (χ0v) is 26.5. The SMILES string of the molecule is CCn1c(C(=O)Nc2cccc(-c3cccc(-c4ncc(CN5CC(CO)C5)c(OC)n4)c3Cl)c2Cl)nc2c1CCN(C)C2. The van der Waals surface area contributed by atoms with Crippen LogP contribution in [0.4, 0.5) is 5.69 Å². The lowest BCUT2D eigenvalue weighted by atomic mass is 10.0. The molecule has 0 spiro atoms. The molecule has 10 nitrogen and oxygen atoms in total. The Kier molecular flexibility index (Phi) is 8.89. The Morgan fingerprint density at radius 3 is 2.55 bits per heavy atom. The average Bonchev–Trinajstić information content (AvgIpc) is 3.38. The number of likely N-dealkylation sites (tertiary alicyclic amines) is 1. The standard InChI is InChI=1S/C32H35Cl2N7O3/c1-4-41-26-11-12-39(2)17-25(26)36-30(41)31(43)37-24-10-6-8-22(28(24)34)21-7-5-9-23(27(21)33)29-35-13-20(32(38-29)44-3)16-40-14-19(15-40)18-42/h5-10,13,19,42H,4,11-12,14-18H2,1-3H3,(H,37,43). The number of aliphatic hydroxyl groups is 1. The number of imidazole rings is 1. The van der Waals surface area contributed by atoms with Gasteiger partial charge in [-0.05, 0) is 26.1 Å². The van der Waals surface area contributed by atoms with Gasteiger partial charge < -0.3 is 24.6 Å². The highest BCUT2D eigenvalue weighted by molar-refractivity contribution is 6.39. The number of anilines is 1. The lowest BCUT2D eigenvalue weighted by Gasteiger charge is -2.38. The van der Waals surface area contributed by atoms with Crippen molar-refractivity contribution in [2.75, 3.05) is 45.7 Å². The molecule has 2 aromatic heterocycles. The van der Waals surface area contributed by atoms with Crippen molar-refractivity contribution in [2.24, 2.45) is 5.92 Å². The average molecular weight is 637 g/mol. The minimum Gasteiger partial charge on any atom is -0.481 e. The van der Waals surface area contributed by atoms with Crippen molar-refractivity contribution < 1.29 is 14.6 Å². The van der Waals surface area contributed by atoms with E-state index >= 15 is 0 Å². The predicted octanol–water partition coefficient (Wildman–Crippen LogP) is 5.01. The van der Waals surface area contributed by atoms with Crippen LogP contribution in [0, 0.1) is 5.92 Å². The molecule has 2 aliphatic rings. The van der Waals surface area contributed by atoms with Crippen molar-refractivity contribution in [3.8, 4) is 28.4 Å². The molecule has 4 heterocycles. The van der Waals surface area contributed by atoms with Crippen LogP contribution in [0.15, 0.2) is 42.6 Å². The van der Waals surface area contributed by atoms with Crippen LogP contribution >= 0.6 is 23.2 Å². The van der Waals surface area contributed by atoms with Gasteiger partial charge in [-0.15, -0.1) is 0 Å². The van der Waals surface area contributed by atoms with E-state index in [1.807, 2.05) is 41.8 Å². The molecule has 2 aliphatic heterocycles. The number of likely N-dealkylation sites (N-methyl/N-ethyl adjacent to an activating group) is 1. The van der Waals surface area contributed by atoms with E-state index in [2.05, 4.69) is 32.1 Å². The summed E-state index contributed by atoms with van der Waals surface area (Å²) in [5, 5.41) is 13.1. The van der Waals surface area contributed by atoms with Crippen LogP contribution in [0.5, 0.6) is 5.88 Å². The fourth-order valence-electron chi connectivity index (χ4n) is 5.98. The third-order valence-corrected chi connectivity index (χ3v) is 9.12. The molecule has 2 N–H and O–H groups in total. The molecule has 6 rings (SSSR count). The monoisotopic (exact) mass is 635 g/mol. The Labute approximate surface area is 266 Å². The van der Waals surface area contributed by atoms with Crippen molar-refractivity contribution in [1.29, 1.82) is 0 Å². The van der Waals surface area contributed by atoms with Crippen LogP contribution in [-0.4, -0.2) is 80.7 Å². The summed E-state index contributed by atoms with van der Waals surface area (Å²) < 4.78 is 7.59. The second-order valence-electron chi connectivity index (χ2n) is 11.3. The quantitative estimate of drug-likeness (QED) is 0.264. The number of aliphatic hydroxyl groups excluding tert-OH is 1. The molecule has 12 heteroatoms. The van der Waals surface area contributed by atoms with Crippen LogP contribution in [0.3, 0.4) is 0 Å². The second-order valence-corrected chi connectivity index (χ2v) is 12.1. The summed E-state index contributed by atoms with van der Waals surface area (Å²) in [4.78, 5) is 31.9. The third kappa shape index (κ3) is 5.80. The van der Waals surface area contributed by atoms with E-state index in [4.69, 9.17) is 32.9 Å². The van der Waals surface area contributed by atoms with Gasteiger partial charge in [-0.25, -0.2) is 9.97 Å². The van der Waals surface area contributed by atoms with Gasteiger partial charge in [0, 0.05) is 92.4 Å². The van der Waals surface area contributed by atoms with Gasteiger partial charge in [0.05, 0.1) is 28.5 Å². The first-order valence-electron chi connectivity index (χ1n) is 14.7. The summed E-state index contributed by atoms with van der Waals surface area (Å²) in [6.07, 6.45) is 2.61. The first-order valence-corrected chi connectivity index (χ1v) is 15.5. The number of amides is 1. The van der Waals surface area contributed by atoms with E-state index in [0.29, 0.717) is 69.0 Å². The van der Waals surface area contributed by atoms with E-state index in [1.165, 1.54) is 0 Å². The minimum atomic E-state index is -0.312. The smallest absolute Gasteiger partial charge is 0.291 e. The van der Waals surface area contributed by atoms with Crippen LogP contribution in [0.1, 0.15) is 34.5 Å². The number of nitrogens with zero attached hydrogens (tertiary/aromatic N) is 6. The molecule has 0 saturated carbocycles. The number of ether oxygens (including phenoxy) is 1. The molecule has 44 heavy (non-hydrogen) atoms. The number of hydrogen-bond acceptors (Lipinski definition) is 8. The van der Waals surface area contributed by atoms with Crippen molar-refractivity contribution in [3.63, 3.8) is 0 Å². The molecule has 1 fully saturated rings. The fraction of sp³-hybridized carbons (Fsp3) is 0.375. The zero-order chi connectivity index (χ0) is 31.0. The highest BCUT2D eigenvalue weighted by atomic mass is 35.5. The van der Waals surface area contributed by atoms with Crippen molar-refractivity contribution in [2.45, 2.75) is 33.0 Å². The van der Waals surface area contributed by atoms with Gasteiger partial charge >= 0.3 is 0 Å². The van der Waals surface area contributed by atoms with Gasteiger partial charge in [-0.1, -0.05) is 47.5 Å². The summed E-state index contributed by atoms with van der Waals surface area (Å²) in [5.41, 5.74) is 5.36. The number of carbonyl (C=O) groups excluding carboxylic acids is 1. The molecule has 230 valence electrons. The van der Waals surface area contributed by atoms with E-state index in [-0.39, 0.29) is 12.5 Å². The van der Waals surface area contributed by atoms with Crippen LogP contribution in [0.2, 0.25) is 10.0 Å². The van der Waals surface area contributed by atoms with E-state index in [1.54, 1.807) is 19.4 Å². The maximum atomic E-state index is 13.5. The Morgan fingerprint density at radius 1 is 1.09 bits per heavy atom. The predicted molar refractivity (Wildman–Crippen MR) is 171 cm³/mol. The van der Waals surface area contributed by atoms with Crippen LogP contribution in [-0.2, 0) is 26.1 Å². The summed E-state index contributed by atoms with van der Waals surface area (Å²) >= 11 is 13.9. The third-order valence-electron chi connectivity index (χ3n) is 8.30. The van der Waals surface area contributed by atoms with E-state index < -0.39 is 0 Å². The topological polar surface area (TPSA) is 109 Å². The molecule has 0 aliphatic carbocycles. The number of halogens is 2. The Bertz CT molecular complexity index is 1700. The molecule has 1 amide bonds. The zero-order valence-electron chi connectivity index (χ0n) is 25.0. The second kappa shape index (κ2) is 12.8. The Morgan fingerprint density at radius 2 is 1.82 bits per heavy atom. The largest absolute Gasteiger partial charge is 0.481 e. The van der Waals surface area contributed by atoms with Gasteiger partial charge in [0.25, 0.3) is 5.91 Å². The number of methoxy groups -OCH3 is 1. The van der Waals surface area contributed by atoms with Crippen LogP contribution in [0.25, 0.3) is 22.5 Å². The highest BCUT2D eigenvalue weighted by Crippen LogP contribution is 2.41. The number of carbonyl (C=O) groups is 1. The van der Waals surface area contributed by atoms with E-state index in [9.17, 15) is 9.90 Å².